The molecule has 4 N–H and O–H groups in total. The van der Waals surface area contributed by atoms with Crippen molar-refractivity contribution in [3.63, 3.8) is 0 Å². The standard InChI is InChI=1S/C25H27ClN6O2S/c26-17-11-27-23(29-16-3-4-18-19(7-16)35-24(34)30-18)32-21(17)31-20-13-5-12-6-14(20)10-25(8-12,9-13)22(33)28-15-1-2-15/h3-4,7,11-15,20H,1-2,5-6,8-10H2,(H,28,33)(H,30,34)(H2,27,29,31,32). The van der Waals surface area contributed by atoms with Crippen LogP contribution in [0.4, 0.5) is 17.5 Å². The average molecular weight is 511 g/mol. The van der Waals surface area contributed by atoms with Crippen LogP contribution in [0.15, 0.2) is 29.2 Å². The topological polar surface area (TPSA) is 112 Å². The maximum absolute atomic E-state index is 13.2. The van der Waals surface area contributed by atoms with E-state index in [1.807, 2.05) is 18.2 Å². The molecule has 0 spiro atoms. The predicted octanol–water partition coefficient (Wildman–Crippen LogP) is 4.66. The van der Waals surface area contributed by atoms with E-state index < -0.39 is 0 Å². The maximum atomic E-state index is 13.2. The third kappa shape index (κ3) is 3.89. The van der Waals surface area contributed by atoms with Crippen LogP contribution >= 0.6 is 22.9 Å². The van der Waals surface area contributed by atoms with Gasteiger partial charge in [0.25, 0.3) is 0 Å². The molecule has 10 heteroatoms. The molecule has 5 fully saturated rings. The summed E-state index contributed by atoms with van der Waals surface area (Å²) in [5.74, 6) is 2.93. The molecular weight excluding hydrogens is 484 g/mol. The zero-order valence-electron chi connectivity index (χ0n) is 19.1. The van der Waals surface area contributed by atoms with Crippen molar-refractivity contribution >= 4 is 56.5 Å². The minimum absolute atomic E-state index is 0.0751. The Morgan fingerprint density at radius 1 is 1.17 bits per heavy atom. The number of benzene rings is 1. The molecule has 4 bridgehead atoms. The van der Waals surface area contributed by atoms with E-state index in [1.54, 1.807) is 6.20 Å². The predicted molar refractivity (Wildman–Crippen MR) is 137 cm³/mol. The van der Waals surface area contributed by atoms with E-state index in [9.17, 15) is 9.59 Å². The van der Waals surface area contributed by atoms with Crippen LogP contribution < -0.4 is 20.8 Å². The molecule has 2 aromatic heterocycles. The smallest absolute Gasteiger partial charge is 0.305 e. The Labute approximate surface area is 211 Å². The molecule has 0 saturated heterocycles. The number of fused-ring (bicyclic) bond motifs is 1. The van der Waals surface area contributed by atoms with E-state index in [0.717, 1.165) is 48.0 Å². The van der Waals surface area contributed by atoms with Gasteiger partial charge in [0.15, 0.2) is 5.82 Å². The van der Waals surface area contributed by atoms with Crippen molar-refractivity contribution in [1.29, 1.82) is 0 Å². The number of nitrogens with one attached hydrogen (secondary N) is 4. The number of halogens is 1. The van der Waals surface area contributed by atoms with Crippen molar-refractivity contribution in [2.45, 2.75) is 57.0 Å². The third-order valence-corrected chi connectivity index (χ3v) is 9.51. The van der Waals surface area contributed by atoms with E-state index in [0.29, 0.717) is 46.5 Å². The lowest BCUT2D eigenvalue weighted by Crippen LogP contribution is -2.60. The monoisotopic (exact) mass is 510 g/mol. The molecule has 1 aromatic carbocycles. The first-order chi connectivity index (χ1) is 16.9. The Kier molecular flexibility index (Phi) is 4.90. The molecule has 0 aliphatic heterocycles. The molecule has 8 rings (SSSR count). The Morgan fingerprint density at radius 2 is 1.97 bits per heavy atom. The van der Waals surface area contributed by atoms with Crippen LogP contribution in [0.25, 0.3) is 10.2 Å². The van der Waals surface area contributed by atoms with Crippen LogP contribution in [-0.2, 0) is 4.79 Å². The average Bonchev–Trinajstić information content (AvgIpc) is 3.55. The molecule has 1 amide bonds. The number of amides is 1. The van der Waals surface area contributed by atoms with Crippen LogP contribution in [0, 0.1) is 23.2 Å². The van der Waals surface area contributed by atoms with E-state index in [-0.39, 0.29) is 16.3 Å². The SMILES string of the molecule is O=C(NC1CC1)C12CC3CC(C1)C(Nc1nc(Nc4ccc5[nH]c(=O)sc5c4)ncc1Cl)C(C3)C2. The van der Waals surface area contributed by atoms with Gasteiger partial charge in [0.05, 0.1) is 21.8 Å². The lowest BCUT2D eigenvalue weighted by Gasteiger charge is -2.59. The van der Waals surface area contributed by atoms with Crippen LogP contribution in [0.1, 0.15) is 44.9 Å². The quantitative estimate of drug-likeness (QED) is 0.383. The highest BCUT2D eigenvalue weighted by Gasteiger charge is 2.58. The molecule has 2 atom stereocenters. The van der Waals surface area contributed by atoms with Gasteiger partial charge in [-0.1, -0.05) is 22.9 Å². The fourth-order valence-corrected chi connectivity index (χ4v) is 7.86. The number of carbonyl (C=O) groups excluding carboxylic acids is 1. The van der Waals surface area contributed by atoms with Gasteiger partial charge in [0, 0.05) is 17.8 Å². The molecular formula is C25H27ClN6O2S. The largest absolute Gasteiger partial charge is 0.365 e. The van der Waals surface area contributed by atoms with Gasteiger partial charge in [0.2, 0.25) is 11.9 Å². The summed E-state index contributed by atoms with van der Waals surface area (Å²) in [6, 6.07) is 6.35. The number of anilines is 3. The molecule has 35 heavy (non-hydrogen) atoms. The van der Waals surface area contributed by atoms with E-state index in [4.69, 9.17) is 16.6 Å². The number of hydrogen-bond acceptors (Lipinski definition) is 7. The number of hydrogen-bond donors (Lipinski definition) is 4. The molecule has 3 aromatic rings. The molecule has 2 heterocycles. The molecule has 2 unspecified atom stereocenters. The summed E-state index contributed by atoms with van der Waals surface area (Å²) in [5.41, 5.74) is 1.44. The summed E-state index contributed by atoms with van der Waals surface area (Å²) in [7, 11) is 0. The highest BCUT2D eigenvalue weighted by atomic mass is 35.5. The first-order valence-electron chi connectivity index (χ1n) is 12.4. The summed E-state index contributed by atoms with van der Waals surface area (Å²) in [6.45, 7) is 0. The fourth-order valence-electron chi connectivity index (χ4n) is 6.94. The number of carbonyl (C=O) groups is 1. The van der Waals surface area contributed by atoms with Crippen molar-refractivity contribution in [2.75, 3.05) is 10.6 Å². The first-order valence-corrected chi connectivity index (χ1v) is 13.6. The molecule has 5 aliphatic rings. The van der Waals surface area contributed by atoms with Crippen LogP contribution in [0.3, 0.4) is 0 Å². The normalized spacial score (nSPS) is 31.0. The van der Waals surface area contributed by atoms with Gasteiger partial charge in [-0.2, -0.15) is 4.98 Å². The molecule has 5 aliphatic carbocycles. The molecule has 182 valence electrons. The summed E-state index contributed by atoms with van der Waals surface area (Å²) < 4.78 is 0.876. The second-order valence-electron chi connectivity index (χ2n) is 10.9. The van der Waals surface area contributed by atoms with E-state index in [2.05, 4.69) is 25.9 Å². The van der Waals surface area contributed by atoms with Crippen LogP contribution in [0.2, 0.25) is 5.02 Å². The van der Waals surface area contributed by atoms with Crippen molar-refractivity contribution in [3.8, 4) is 0 Å². The van der Waals surface area contributed by atoms with Gasteiger partial charge >= 0.3 is 4.87 Å². The summed E-state index contributed by atoms with van der Waals surface area (Å²) in [4.78, 5) is 36.6. The second kappa shape index (κ2) is 7.93. The van der Waals surface area contributed by atoms with Crippen molar-refractivity contribution < 1.29 is 4.79 Å². The maximum Gasteiger partial charge on any atom is 0.305 e. The number of thiazole rings is 1. The van der Waals surface area contributed by atoms with Gasteiger partial charge in [0.1, 0.15) is 5.02 Å². The third-order valence-electron chi connectivity index (χ3n) is 8.39. The van der Waals surface area contributed by atoms with Gasteiger partial charge in [-0.3, -0.25) is 9.59 Å². The Morgan fingerprint density at radius 3 is 2.74 bits per heavy atom. The minimum atomic E-state index is -0.179. The Balaban J connectivity index is 1.10. The zero-order valence-corrected chi connectivity index (χ0v) is 20.7. The van der Waals surface area contributed by atoms with E-state index >= 15 is 0 Å². The van der Waals surface area contributed by atoms with Gasteiger partial charge in [-0.05, 0) is 80.9 Å². The fraction of sp³-hybridized carbons (Fsp3) is 0.520. The number of nitrogens with zero attached hydrogens (tertiary/aromatic N) is 2. The summed E-state index contributed by atoms with van der Waals surface area (Å²) in [6.07, 6.45) is 9.16. The number of rotatable bonds is 6. The molecule has 5 saturated carbocycles. The lowest BCUT2D eigenvalue weighted by molar-refractivity contribution is -0.147. The highest BCUT2D eigenvalue weighted by Crippen LogP contribution is 2.60. The van der Waals surface area contributed by atoms with Crippen LogP contribution in [0.5, 0.6) is 0 Å². The highest BCUT2D eigenvalue weighted by molar-refractivity contribution is 7.16. The van der Waals surface area contributed by atoms with Crippen molar-refractivity contribution in [2.24, 2.45) is 23.2 Å². The Hall–Kier alpha value is -2.65. The number of H-pyrrole nitrogens is 1. The van der Waals surface area contributed by atoms with Crippen molar-refractivity contribution in [1.82, 2.24) is 20.3 Å². The minimum Gasteiger partial charge on any atom is -0.365 e. The molecule has 8 nitrogen and oxygen atoms in total. The van der Waals surface area contributed by atoms with Gasteiger partial charge < -0.3 is 20.9 Å². The summed E-state index contributed by atoms with van der Waals surface area (Å²) in [5, 5.41) is 10.7. The number of aromatic amines is 1. The lowest BCUT2D eigenvalue weighted by atomic mass is 9.47. The van der Waals surface area contributed by atoms with E-state index in [1.165, 1.54) is 24.2 Å². The molecule has 0 radical (unpaired) electrons. The van der Waals surface area contributed by atoms with Gasteiger partial charge in [-0.15, -0.1) is 0 Å². The van der Waals surface area contributed by atoms with Gasteiger partial charge in [-0.25, -0.2) is 4.98 Å². The van der Waals surface area contributed by atoms with Crippen LogP contribution in [-0.4, -0.2) is 32.9 Å². The summed E-state index contributed by atoms with van der Waals surface area (Å²) >= 11 is 7.69. The second-order valence-corrected chi connectivity index (χ2v) is 12.3. The first kappa shape index (κ1) is 21.6. The van der Waals surface area contributed by atoms with Crippen molar-refractivity contribution in [3.05, 3.63) is 39.1 Å². The Bertz CT molecular complexity index is 1370. The number of aromatic nitrogens is 3. The zero-order chi connectivity index (χ0) is 23.7.